The number of ketones is 1. The molecule has 0 aliphatic carbocycles. The van der Waals surface area contributed by atoms with Gasteiger partial charge in [0.05, 0.1) is 27.4 Å². The molecule has 39 heavy (non-hydrogen) atoms. The van der Waals surface area contributed by atoms with Crippen LogP contribution in [0.3, 0.4) is 0 Å². The molecule has 0 fully saturated rings. The fourth-order valence-corrected chi connectivity index (χ4v) is 4.40. The highest BCUT2D eigenvalue weighted by Crippen LogP contribution is 2.36. The highest BCUT2D eigenvalue weighted by molar-refractivity contribution is 6.36. The summed E-state index contributed by atoms with van der Waals surface area (Å²) in [5.41, 5.74) is 0.846. The molecule has 0 N–H and O–H groups in total. The van der Waals surface area contributed by atoms with E-state index in [4.69, 9.17) is 32.7 Å². The number of nitrogens with zero attached hydrogens (tertiary/aromatic N) is 1. The van der Waals surface area contributed by atoms with Crippen molar-refractivity contribution in [1.29, 1.82) is 0 Å². The normalized spacial score (nSPS) is 13.2. The lowest BCUT2D eigenvalue weighted by Crippen LogP contribution is -2.29. The minimum Gasteiger partial charge on any atom is -0.456 e. The van der Waals surface area contributed by atoms with Gasteiger partial charge in [0.15, 0.2) is 6.10 Å². The SMILES string of the molecule is C[C@H](OC(=O)c1ccc2c(c1)C(=O)N(c1ccc(Oc3ccc(Cl)cc3)c(Cl)c1)C2=O)C(=O)c1ccccc1. The Bertz CT molecular complexity index is 1620. The van der Waals surface area contributed by atoms with E-state index in [0.29, 0.717) is 22.1 Å². The minimum absolute atomic E-state index is 0.0362. The Labute approximate surface area is 233 Å². The molecule has 1 aliphatic heterocycles. The summed E-state index contributed by atoms with van der Waals surface area (Å²) in [4.78, 5) is 52.6. The number of imide groups is 1. The molecule has 1 aliphatic rings. The molecule has 0 saturated heterocycles. The zero-order chi connectivity index (χ0) is 27.7. The molecule has 1 atom stereocenters. The summed E-state index contributed by atoms with van der Waals surface area (Å²) in [5, 5.41) is 0.737. The zero-order valence-corrected chi connectivity index (χ0v) is 21.9. The molecule has 2 amide bonds. The molecule has 0 radical (unpaired) electrons. The fourth-order valence-electron chi connectivity index (χ4n) is 4.06. The topological polar surface area (TPSA) is 90.0 Å². The Morgan fingerprint density at radius 2 is 1.46 bits per heavy atom. The number of anilines is 1. The smallest absolute Gasteiger partial charge is 0.338 e. The van der Waals surface area contributed by atoms with Crippen LogP contribution in [0.4, 0.5) is 5.69 Å². The average Bonchev–Trinajstić information content (AvgIpc) is 3.19. The van der Waals surface area contributed by atoms with Gasteiger partial charge in [-0.15, -0.1) is 0 Å². The van der Waals surface area contributed by atoms with Crippen molar-refractivity contribution in [2.75, 3.05) is 4.90 Å². The molecule has 7 nitrogen and oxygen atoms in total. The zero-order valence-electron chi connectivity index (χ0n) is 20.4. The summed E-state index contributed by atoms with van der Waals surface area (Å²) < 4.78 is 11.1. The van der Waals surface area contributed by atoms with E-state index in [1.807, 2.05) is 0 Å². The van der Waals surface area contributed by atoms with Gasteiger partial charge in [-0.3, -0.25) is 14.4 Å². The van der Waals surface area contributed by atoms with Crippen LogP contribution < -0.4 is 9.64 Å². The molecule has 0 saturated carbocycles. The van der Waals surface area contributed by atoms with E-state index in [1.165, 1.54) is 37.3 Å². The number of hydrogen-bond donors (Lipinski definition) is 0. The summed E-state index contributed by atoms with van der Waals surface area (Å²) in [5.74, 6) is -1.51. The van der Waals surface area contributed by atoms with Crippen LogP contribution in [-0.2, 0) is 4.74 Å². The number of rotatable bonds is 7. The van der Waals surface area contributed by atoms with Crippen LogP contribution in [0.25, 0.3) is 0 Å². The third-order valence-corrected chi connectivity index (χ3v) is 6.60. The second-order valence-electron chi connectivity index (χ2n) is 8.65. The Kier molecular flexibility index (Phi) is 7.19. The summed E-state index contributed by atoms with van der Waals surface area (Å²) in [6, 6.07) is 23.7. The largest absolute Gasteiger partial charge is 0.456 e. The number of Topliss-reactive ketones (excluding diaryl/α,β-unsaturated/α-hetero) is 1. The van der Waals surface area contributed by atoms with Crippen LogP contribution >= 0.6 is 23.2 Å². The predicted octanol–water partition coefficient (Wildman–Crippen LogP) is 7.01. The number of halogens is 2. The third kappa shape index (κ3) is 5.27. The Hall–Kier alpha value is -4.46. The standard InChI is InChI=1S/C30H19Cl2NO6/c1-17(27(34)18-5-3-2-4-6-18)38-30(37)19-7-13-23-24(15-19)29(36)33(28(23)35)21-10-14-26(25(32)16-21)39-22-11-8-20(31)9-12-22/h2-17H,1H3/t17-/m0/s1. The number of ether oxygens (including phenoxy) is 2. The monoisotopic (exact) mass is 559 g/mol. The number of carbonyl (C=O) groups is 4. The van der Waals surface area contributed by atoms with Gasteiger partial charge in [-0.25, -0.2) is 9.69 Å². The Morgan fingerprint density at radius 1 is 0.769 bits per heavy atom. The van der Waals surface area contributed by atoms with Gasteiger partial charge in [-0.2, -0.15) is 0 Å². The maximum atomic E-state index is 13.2. The van der Waals surface area contributed by atoms with E-state index in [2.05, 4.69) is 0 Å². The predicted molar refractivity (Wildman–Crippen MR) is 146 cm³/mol. The van der Waals surface area contributed by atoms with Gasteiger partial charge in [-0.1, -0.05) is 53.5 Å². The lowest BCUT2D eigenvalue weighted by Gasteiger charge is -2.16. The Morgan fingerprint density at radius 3 is 2.15 bits per heavy atom. The van der Waals surface area contributed by atoms with Gasteiger partial charge in [-0.05, 0) is 67.6 Å². The molecule has 1 heterocycles. The first-order valence-corrected chi connectivity index (χ1v) is 12.5. The van der Waals surface area contributed by atoms with Crippen LogP contribution in [0, 0.1) is 0 Å². The molecular weight excluding hydrogens is 541 g/mol. The average molecular weight is 560 g/mol. The van der Waals surface area contributed by atoms with Crippen LogP contribution in [0.15, 0.2) is 91.0 Å². The maximum absolute atomic E-state index is 13.2. The highest BCUT2D eigenvalue weighted by Gasteiger charge is 2.37. The van der Waals surface area contributed by atoms with E-state index in [1.54, 1.807) is 60.7 Å². The minimum atomic E-state index is -1.04. The van der Waals surface area contributed by atoms with E-state index < -0.39 is 23.9 Å². The number of fused-ring (bicyclic) bond motifs is 1. The van der Waals surface area contributed by atoms with E-state index in [9.17, 15) is 19.2 Å². The highest BCUT2D eigenvalue weighted by atomic mass is 35.5. The van der Waals surface area contributed by atoms with E-state index >= 15 is 0 Å². The number of hydrogen-bond acceptors (Lipinski definition) is 6. The molecule has 5 rings (SSSR count). The number of esters is 1. The molecule has 0 aromatic heterocycles. The first-order chi connectivity index (χ1) is 18.7. The number of amides is 2. The van der Waals surface area contributed by atoms with Crippen molar-refractivity contribution in [1.82, 2.24) is 0 Å². The van der Waals surface area contributed by atoms with Crippen molar-refractivity contribution in [3.05, 3.63) is 123 Å². The molecule has 4 aromatic rings. The van der Waals surface area contributed by atoms with Crippen LogP contribution in [-0.4, -0.2) is 29.7 Å². The van der Waals surface area contributed by atoms with Crippen molar-refractivity contribution >= 4 is 52.5 Å². The summed E-state index contributed by atoms with van der Waals surface area (Å²) in [6.07, 6.45) is -1.04. The van der Waals surface area contributed by atoms with Crippen LogP contribution in [0.1, 0.15) is 48.4 Å². The number of benzene rings is 4. The summed E-state index contributed by atoms with van der Waals surface area (Å²) >= 11 is 12.3. The molecule has 0 spiro atoms. The second kappa shape index (κ2) is 10.7. The molecule has 0 bridgehead atoms. The molecule has 0 unspecified atom stereocenters. The lowest BCUT2D eigenvalue weighted by molar-refractivity contribution is 0.0318. The van der Waals surface area contributed by atoms with Gasteiger partial charge in [0.1, 0.15) is 11.5 Å². The van der Waals surface area contributed by atoms with Crippen LogP contribution in [0.5, 0.6) is 11.5 Å². The first-order valence-electron chi connectivity index (χ1n) is 11.8. The van der Waals surface area contributed by atoms with E-state index in [-0.39, 0.29) is 33.2 Å². The quantitative estimate of drug-likeness (QED) is 0.137. The summed E-state index contributed by atoms with van der Waals surface area (Å²) in [7, 11) is 0. The second-order valence-corrected chi connectivity index (χ2v) is 9.50. The fraction of sp³-hybridized carbons (Fsp3) is 0.0667. The van der Waals surface area contributed by atoms with Crippen molar-refractivity contribution in [2.24, 2.45) is 0 Å². The molecular formula is C30H19Cl2NO6. The molecule has 9 heteroatoms. The third-order valence-electron chi connectivity index (χ3n) is 6.05. The van der Waals surface area contributed by atoms with Gasteiger partial charge in [0.2, 0.25) is 5.78 Å². The van der Waals surface area contributed by atoms with Gasteiger partial charge in [0.25, 0.3) is 11.8 Å². The van der Waals surface area contributed by atoms with E-state index in [0.717, 1.165) is 4.90 Å². The Balaban J connectivity index is 1.33. The molecule has 194 valence electrons. The van der Waals surface area contributed by atoms with Crippen molar-refractivity contribution in [3.63, 3.8) is 0 Å². The van der Waals surface area contributed by atoms with Crippen LogP contribution in [0.2, 0.25) is 10.0 Å². The number of carbonyl (C=O) groups excluding carboxylic acids is 4. The van der Waals surface area contributed by atoms with Crippen molar-refractivity contribution in [2.45, 2.75) is 13.0 Å². The van der Waals surface area contributed by atoms with Crippen molar-refractivity contribution < 1.29 is 28.7 Å². The lowest BCUT2D eigenvalue weighted by atomic mass is 10.1. The van der Waals surface area contributed by atoms with Gasteiger partial charge >= 0.3 is 5.97 Å². The van der Waals surface area contributed by atoms with Gasteiger partial charge < -0.3 is 9.47 Å². The maximum Gasteiger partial charge on any atom is 0.338 e. The summed E-state index contributed by atoms with van der Waals surface area (Å²) in [6.45, 7) is 1.47. The molecule has 4 aromatic carbocycles. The van der Waals surface area contributed by atoms with Gasteiger partial charge in [0, 0.05) is 10.6 Å². The van der Waals surface area contributed by atoms with Crippen molar-refractivity contribution in [3.8, 4) is 11.5 Å². The first kappa shape index (κ1) is 26.2.